The van der Waals surface area contributed by atoms with Crippen LogP contribution in [0.4, 0.5) is 5.69 Å². The Morgan fingerprint density at radius 1 is 1.06 bits per heavy atom. The number of benzene rings is 3. The molecule has 1 unspecified atom stereocenters. The first-order chi connectivity index (χ1) is 16.4. The number of anilines is 1. The molecule has 1 aromatic heterocycles. The minimum Gasteiger partial charge on any atom is -0.507 e. The van der Waals surface area contributed by atoms with Crippen molar-refractivity contribution in [2.75, 3.05) is 12.0 Å². The number of carbonyl (C=O) groups is 2. The van der Waals surface area contributed by atoms with Crippen molar-refractivity contribution in [3.63, 3.8) is 0 Å². The molecule has 1 aliphatic rings. The van der Waals surface area contributed by atoms with E-state index in [9.17, 15) is 14.7 Å². The average Bonchev–Trinajstić information content (AvgIpc) is 3.40. The quantitative estimate of drug-likeness (QED) is 0.224. The van der Waals surface area contributed by atoms with E-state index in [1.165, 1.54) is 4.90 Å². The number of aryl methyl sites for hydroxylation is 1. The van der Waals surface area contributed by atoms with Crippen LogP contribution in [0, 0.1) is 6.92 Å². The largest absolute Gasteiger partial charge is 0.507 e. The first-order valence-corrected chi connectivity index (χ1v) is 11.1. The maximum absolute atomic E-state index is 13.4. The molecule has 6 nitrogen and oxygen atoms in total. The zero-order valence-electron chi connectivity index (χ0n) is 18.5. The van der Waals surface area contributed by atoms with Gasteiger partial charge in [-0.3, -0.25) is 14.5 Å². The number of nitrogens with one attached hydrogen (secondary N) is 1. The summed E-state index contributed by atoms with van der Waals surface area (Å²) >= 11 is 6.35. The molecule has 1 amide bonds. The Balaban J connectivity index is 1.77. The number of Topliss-reactive ketones (excluding diaryl/α,β-unsaturated/α-hetero) is 1. The Bertz CT molecular complexity index is 1490. The maximum atomic E-state index is 13.4. The highest BCUT2D eigenvalue weighted by Gasteiger charge is 2.47. The molecule has 5 rings (SSSR count). The number of hydrogen-bond acceptors (Lipinski definition) is 4. The van der Waals surface area contributed by atoms with Crippen LogP contribution in [-0.2, 0) is 9.59 Å². The van der Waals surface area contributed by atoms with E-state index in [-0.39, 0.29) is 11.3 Å². The molecule has 1 atom stereocenters. The molecule has 1 aliphatic heterocycles. The Morgan fingerprint density at radius 3 is 2.62 bits per heavy atom. The lowest BCUT2D eigenvalue weighted by molar-refractivity contribution is -0.132. The first-order valence-electron chi connectivity index (χ1n) is 10.7. The fourth-order valence-electron chi connectivity index (χ4n) is 4.37. The number of ether oxygens (including phenoxy) is 1. The molecule has 7 heteroatoms. The van der Waals surface area contributed by atoms with Crippen LogP contribution >= 0.6 is 11.6 Å². The summed E-state index contributed by atoms with van der Waals surface area (Å²) in [7, 11) is 1.54. The maximum Gasteiger partial charge on any atom is 0.300 e. The summed E-state index contributed by atoms with van der Waals surface area (Å²) in [6.45, 7) is 1.86. The second-order valence-corrected chi connectivity index (χ2v) is 8.53. The molecule has 0 spiro atoms. The lowest BCUT2D eigenvalue weighted by Crippen LogP contribution is -2.29. The Hall–Kier alpha value is -4.03. The number of carbonyl (C=O) groups excluding carboxylic acids is 2. The third-order valence-corrected chi connectivity index (χ3v) is 6.54. The molecule has 1 fully saturated rings. The van der Waals surface area contributed by atoms with Gasteiger partial charge in [-0.15, -0.1) is 0 Å². The molecular formula is C27H21ClN2O4. The van der Waals surface area contributed by atoms with E-state index in [4.69, 9.17) is 16.3 Å². The average molecular weight is 473 g/mol. The second-order valence-electron chi connectivity index (χ2n) is 8.13. The SMILES string of the molecule is COc1cccc(C2/C(=C(/O)c3c[nH]c4ccccc34)C(=O)C(=O)N2c2ccc(C)c(Cl)c2)c1. The van der Waals surface area contributed by atoms with Crippen molar-refractivity contribution in [3.8, 4) is 5.75 Å². The number of methoxy groups -OCH3 is 1. The van der Waals surface area contributed by atoms with Gasteiger partial charge in [-0.1, -0.05) is 48.0 Å². The van der Waals surface area contributed by atoms with Gasteiger partial charge in [0.25, 0.3) is 11.7 Å². The molecule has 34 heavy (non-hydrogen) atoms. The summed E-state index contributed by atoms with van der Waals surface area (Å²) in [6, 6.07) is 18.9. The molecule has 0 saturated carbocycles. The molecule has 0 radical (unpaired) electrons. The van der Waals surface area contributed by atoms with E-state index < -0.39 is 17.7 Å². The van der Waals surface area contributed by atoms with Crippen LogP contribution in [0.15, 0.2) is 78.5 Å². The smallest absolute Gasteiger partial charge is 0.300 e. The van der Waals surface area contributed by atoms with E-state index >= 15 is 0 Å². The van der Waals surface area contributed by atoms with Crippen molar-refractivity contribution in [2.24, 2.45) is 0 Å². The fraction of sp³-hybridized carbons (Fsp3) is 0.111. The highest BCUT2D eigenvalue weighted by Crippen LogP contribution is 2.44. The summed E-state index contributed by atoms with van der Waals surface area (Å²) < 4.78 is 5.38. The lowest BCUT2D eigenvalue weighted by atomic mass is 9.94. The van der Waals surface area contributed by atoms with Gasteiger partial charge in [0.1, 0.15) is 11.5 Å². The number of hydrogen-bond donors (Lipinski definition) is 2. The van der Waals surface area contributed by atoms with Crippen molar-refractivity contribution in [1.82, 2.24) is 4.98 Å². The number of amides is 1. The molecule has 170 valence electrons. The third kappa shape index (κ3) is 3.43. The van der Waals surface area contributed by atoms with Crippen LogP contribution in [0.25, 0.3) is 16.7 Å². The van der Waals surface area contributed by atoms with E-state index in [0.717, 1.165) is 16.5 Å². The van der Waals surface area contributed by atoms with Crippen LogP contribution < -0.4 is 9.64 Å². The Labute approximate surface area is 201 Å². The number of aromatic amines is 1. The van der Waals surface area contributed by atoms with Crippen molar-refractivity contribution >= 4 is 45.6 Å². The van der Waals surface area contributed by atoms with Crippen molar-refractivity contribution < 1.29 is 19.4 Å². The second kappa shape index (κ2) is 8.39. The molecule has 1 saturated heterocycles. The van der Waals surface area contributed by atoms with Crippen LogP contribution in [0.1, 0.15) is 22.7 Å². The summed E-state index contributed by atoms with van der Waals surface area (Å²) in [5.74, 6) is -1.19. The summed E-state index contributed by atoms with van der Waals surface area (Å²) in [6.07, 6.45) is 1.64. The predicted octanol–water partition coefficient (Wildman–Crippen LogP) is 5.76. The van der Waals surface area contributed by atoms with Crippen LogP contribution in [0.2, 0.25) is 5.02 Å². The number of fused-ring (bicyclic) bond motifs is 1. The number of nitrogens with zero attached hydrogens (tertiary/aromatic N) is 1. The Kier molecular flexibility index (Phi) is 5.38. The monoisotopic (exact) mass is 472 g/mol. The zero-order chi connectivity index (χ0) is 24.0. The van der Waals surface area contributed by atoms with Gasteiger partial charge in [-0.2, -0.15) is 0 Å². The molecule has 4 aromatic rings. The van der Waals surface area contributed by atoms with Crippen molar-refractivity contribution in [2.45, 2.75) is 13.0 Å². The number of para-hydroxylation sites is 1. The number of aliphatic hydroxyl groups excluding tert-OH is 1. The van der Waals surface area contributed by atoms with E-state index in [2.05, 4.69) is 4.98 Å². The summed E-state index contributed by atoms with van der Waals surface area (Å²) in [4.78, 5) is 31.2. The first kappa shape index (κ1) is 21.8. The van der Waals surface area contributed by atoms with Crippen molar-refractivity contribution in [3.05, 3.63) is 100 Å². The van der Waals surface area contributed by atoms with Gasteiger partial charge >= 0.3 is 0 Å². The van der Waals surface area contributed by atoms with Gasteiger partial charge in [0.15, 0.2) is 0 Å². The molecule has 0 aliphatic carbocycles. The zero-order valence-corrected chi connectivity index (χ0v) is 19.3. The van der Waals surface area contributed by atoms with Crippen LogP contribution in [0.5, 0.6) is 5.75 Å². The lowest BCUT2D eigenvalue weighted by Gasteiger charge is -2.26. The normalized spacial score (nSPS) is 17.5. The van der Waals surface area contributed by atoms with Gasteiger partial charge in [0, 0.05) is 33.4 Å². The summed E-state index contributed by atoms with van der Waals surface area (Å²) in [5, 5.41) is 12.6. The highest BCUT2D eigenvalue weighted by atomic mass is 35.5. The van der Waals surface area contributed by atoms with Crippen molar-refractivity contribution in [1.29, 1.82) is 0 Å². The number of halogens is 1. The van der Waals surface area contributed by atoms with Gasteiger partial charge in [-0.25, -0.2) is 0 Å². The van der Waals surface area contributed by atoms with E-state index in [1.54, 1.807) is 55.8 Å². The molecular weight excluding hydrogens is 452 g/mol. The molecule has 0 bridgehead atoms. The third-order valence-electron chi connectivity index (χ3n) is 6.13. The van der Waals surface area contributed by atoms with Crippen LogP contribution in [-0.4, -0.2) is 28.9 Å². The summed E-state index contributed by atoms with van der Waals surface area (Å²) in [5.41, 5.74) is 3.18. The van der Waals surface area contributed by atoms with Gasteiger partial charge in [0.2, 0.25) is 0 Å². The van der Waals surface area contributed by atoms with Gasteiger partial charge in [-0.05, 0) is 48.4 Å². The predicted molar refractivity (Wildman–Crippen MR) is 132 cm³/mol. The van der Waals surface area contributed by atoms with Gasteiger partial charge in [0.05, 0.1) is 18.7 Å². The van der Waals surface area contributed by atoms with Gasteiger partial charge < -0.3 is 14.8 Å². The Morgan fingerprint density at radius 2 is 1.85 bits per heavy atom. The van der Waals surface area contributed by atoms with E-state index in [0.29, 0.717) is 27.6 Å². The number of aromatic nitrogens is 1. The fourth-order valence-corrected chi connectivity index (χ4v) is 4.54. The minimum atomic E-state index is -0.873. The molecule has 2 heterocycles. The minimum absolute atomic E-state index is 0.000274. The number of ketones is 1. The number of rotatable bonds is 4. The molecule has 2 N–H and O–H groups in total. The number of aliphatic hydroxyl groups is 1. The standard InChI is InChI=1S/C27H21ClN2O4/c1-15-10-11-17(13-21(15)28)30-24(16-6-5-7-18(12-16)34-2)23(26(32)27(30)33)25(31)20-14-29-22-9-4-3-8-19(20)22/h3-14,24,29,31H,1-2H3/b25-23-. The van der Waals surface area contributed by atoms with E-state index in [1.807, 2.05) is 31.2 Å². The topological polar surface area (TPSA) is 82.6 Å². The number of H-pyrrole nitrogens is 1. The molecule has 3 aromatic carbocycles. The van der Waals surface area contributed by atoms with Crippen LogP contribution in [0.3, 0.4) is 0 Å². The highest BCUT2D eigenvalue weighted by molar-refractivity contribution is 6.52.